The van der Waals surface area contributed by atoms with E-state index in [1.165, 1.54) is 15.9 Å². The Morgan fingerprint density at radius 3 is 2.81 bits per heavy atom. The summed E-state index contributed by atoms with van der Waals surface area (Å²) in [7, 11) is 0. The van der Waals surface area contributed by atoms with Crippen molar-refractivity contribution in [3.05, 3.63) is 82.4 Å². The van der Waals surface area contributed by atoms with Gasteiger partial charge >= 0.3 is 0 Å². The Morgan fingerprint density at radius 1 is 1.04 bits per heavy atom. The second kappa shape index (κ2) is 5.79. The van der Waals surface area contributed by atoms with Crippen molar-refractivity contribution in [2.45, 2.75) is 0 Å². The summed E-state index contributed by atoms with van der Waals surface area (Å²) in [6.07, 6.45) is 3.48. The summed E-state index contributed by atoms with van der Waals surface area (Å²) < 4.78 is 3.19. The second-order valence-corrected chi connectivity index (χ2v) is 7.20. The molecule has 0 saturated carbocycles. The van der Waals surface area contributed by atoms with Crippen molar-refractivity contribution >= 4 is 38.8 Å². The molecule has 5 nitrogen and oxygen atoms in total. The molecule has 0 aliphatic heterocycles. The van der Waals surface area contributed by atoms with Crippen LogP contribution < -0.4 is 5.56 Å². The lowest BCUT2D eigenvalue weighted by Gasteiger charge is -2.03. The molecule has 5 rings (SSSR count). The first-order valence-electron chi connectivity index (χ1n) is 7.92. The number of aromatic nitrogens is 4. The van der Waals surface area contributed by atoms with E-state index in [1.807, 2.05) is 59.3 Å². The Labute approximate surface area is 156 Å². The molecular weight excluding hydrogens is 368 g/mol. The maximum Gasteiger partial charge on any atom is 0.299 e. The quantitative estimate of drug-likeness (QED) is 0.457. The maximum atomic E-state index is 13.0. The van der Waals surface area contributed by atoms with Gasteiger partial charge in [-0.25, -0.2) is 4.98 Å². The molecular formula is C19H11ClN4OS. The summed E-state index contributed by atoms with van der Waals surface area (Å²) in [4.78, 5) is 18.0. The van der Waals surface area contributed by atoms with Crippen molar-refractivity contribution in [2.75, 3.05) is 0 Å². The number of fused-ring (bicyclic) bond motifs is 2. The third kappa shape index (κ3) is 2.34. The largest absolute Gasteiger partial charge is 0.310 e. The molecule has 126 valence electrons. The zero-order valence-electron chi connectivity index (χ0n) is 13.3. The van der Waals surface area contributed by atoms with Gasteiger partial charge in [-0.05, 0) is 29.7 Å². The molecule has 2 aromatic carbocycles. The highest BCUT2D eigenvalue weighted by Crippen LogP contribution is 2.26. The van der Waals surface area contributed by atoms with Crippen molar-refractivity contribution in [1.29, 1.82) is 0 Å². The Kier molecular flexibility index (Phi) is 3.41. The molecule has 5 aromatic rings. The third-order valence-corrected chi connectivity index (χ3v) is 5.41. The fourth-order valence-corrected chi connectivity index (χ4v) is 4.02. The van der Waals surface area contributed by atoms with Gasteiger partial charge in [0.2, 0.25) is 4.96 Å². The minimum absolute atomic E-state index is 0.208. The molecule has 0 spiro atoms. The van der Waals surface area contributed by atoms with Crippen LogP contribution in [0, 0.1) is 0 Å². The standard InChI is InChI=1S/C19H11ClN4OS/c20-14-6-3-5-13(10-14)17-22-24-18(25)16(11-21-19(24)26-17)23-9-8-12-4-1-2-7-15(12)23/h1-11H. The zero-order chi connectivity index (χ0) is 17.7. The molecule has 3 heterocycles. The molecule has 0 bridgehead atoms. The number of para-hydroxylation sites is 1. The number of halogens is 1. The smallest absolute Gasteiger partial charge is 0.299 e. The highest BCUT2D eigenvalue weighted by molar-refractivity contribution is 7.19. The summed E-state index contributed by atoms with van der Waals surface area (Å²) in [6, 6.07) is 17.3. The fourth-order valence-electron chi connectivity index (χ4n) is 2.97. The number of rotatable bonds is 2. The van der Waals surface area contributed by atoms with Crippen LogP contribution in [0.4, 0.5) is 0 Å². The molecule has 0 unspecified atom stereocenters. The van der Waals surface area contributed by atoms with Crippen molar-refractivity contribution in [1.82, 2.24) is 19.2 Å². The number of benzene rings is 2. The number of hydrogen-bond donors (Lipinski definition) is 0. The first-order chi connectivity index (χ1) is 12.7. The maximum absolute atomic E-state index is 13.0. The molecule has 0 saturated heterocycles. The molecule has 0 fully saturated rings. The summed E-state index contributed by atoms with van der Waals surface area (Å²) >= 11 is 7.42. The molecule has 7 heteroatoms. The van der Waals surface area contributed by atoms with Crippen LogP contribution in [0.3, 0.4) is 0 Å². The molecule has 3 aromatic heterocycles. The van der Waals surface area contributed by atoms with Gasteiger partial charge in [-0.2, -0.15) is 9.61 Å². The van der Waals surface area contributed by atoms with E-state index in [0.717, 1.165) is 16.5 Å². The molecule has 0 amide bonds. The predicted molar refractivity (Wildman–Crippen MR) is 104 cm³/mol. The molecule has 0 atom stereocenters. The average Bonchev–Trinajstić information content (AvgIpc) is 3.27. The summed E-state index contributed by atoms with van der Waals surface area (Å²) in [5.41, 5.74) is 2.07. The summed E-state index contributed by atoms with van der Waals surface area (Å²) in [5, 5.41) is 6.85. The lowest BCUT2D eigenvalue weighted by atomic mass is 10.2. The van der Waals surface area contributed by atoms with Gasteiger partial charge in [0, 0.05) is 16.8 Å². The summed E-state index contributed by atoms with van der Waals surface area (Å²) in [5.74, 6) is 0. The number of nitrogens with zero attached hydrogens (tertiary/aromatic N) is 4. The van der Waals surface area contributed by atoms with Crippen LogP contribution in [0.25, 0.3) is 32.1 Å². The molecule has 0 N–H and O–H groups in total. The monoisotopic (exact) mass is 378 g/mol. The zero-order valence-corrected chi connectivity index (χ0v) is 14.9. The van der Waals surface area contributed by atoms with Gasteiger partial charge in [-0.1, -0.05) is 53.3 Å². The average molecular weight is 379 g/mol. The van der Waals surface area contributed by atoms with Crippen molar-refractivity contribution in [2.24, 2.45) is 0 Å². The lowest BCUT2D eigenvalue weighted by molar-refractivity contribution is 0.879. The van der Waals surface area contributed by atoms with Crippen molar-refractivity contribution in [3.8, 4) is 16.3 Å². The highest BCUT2D eigenvalue weighted by atomic mass is 35.5. The van der Waals surface area contributed by atoms with Crippen molar-refractivity contribution < 1.29 is 0 Å². The van der Waals surface area contributed by atoms with Gasteiger partial charge in [0.1, 0.15) is 10.7 Å². The van der Waals surface area contributed by atoms with Gasteiger partial charge in [0.05, 0.1) is 11.7 Å². The predicted octanol–water partition coefficient (Wildman–Crippen LogP) is 4.42. The van der Waals surface area contributed by atoms with Crippen molar-refractivity contribution in [3.63, 3.8) is 0 Å². The minimum atomic E-state index is -0.208. The van der Waals surface area contributed by atoms with Crippen LogP contribution in [0.1, 0.15) is 0 Å². The lowest BCUT2D eigenvalue weighted by Crippen LogP contribution is -2.20. The van der Waals surface area contributed by atoms with E-state index >= 15 is 0 Å². The minimum Gasteiger partial charge on any atom is -0.310 e. The molecule has 26 heavy (non-hydrogen) atoms. The van der Waals surface area contributed by atoms with Crippen LogP contribution in [0.15, 0.2) is 71.8 Å². The van der Waals surface area contributed by atoms with Crippen LogP contribution >= 0.6 is 22.9 Å². The Hall–Kier alpha value is -2.96. The third-order valence-electron chi connectivity index (χ3n) is 4.20. The fraction of sp³-hybridized carbons (Fsp3) is 0. The van der Waals surface area contributed by atoms with E-state index in [2.05, 4.69) is 10.1 Å². The van der Waals surface area contributed by atoms with E-state index < -0.39 is 0 Å². The van der Waals surface area contributed by atoms with E-state index in [1.54, 1.807) is 12.3 Å². The van der Waals surface area contributed by atoms with E-state index in [9.17, 15) is 4.79 Å². The molecule has 0 aliphatic rings. The SMILES string of the molecule is O=c1c(-n2ccc3ccccc32)cnc2sc(-c3cccc(Cl)c3)nn12. The Morgan fingerprint density at radius 2 is 1.92 bits per heavy atom. The van der Waals surface area contributed by atoms with Crippen LogP contribution in [-0.4, -0.2) is 19.2 Å². The first-order valence-corrected chi connectivity index (χ1v) is 9.11. The van der Waals surface area contributed by atoms with Gasteiger partial charge in [0.25, 0.3) is 5.56 Å². The van der Waals surface area contributed by atoms with E-state index in [4.69, 9.17) is 11.6 Å². The van der Waals surface area contributed by atoms with E-state index in [0.29, 0.717) is 20.7 Å². The van der Waals surface area contributed by atoms with Gasteiger partial charge in [-0.3, -0.25) is 4.79 Å². The van der Waals surface area contributed by atoms with Crippen LogP contribution in [0.5, 0.6) is 0 Å². The number of hydrogen-bond acceptors (Lipinski definition) is 4. The normalized spacial score (nSPS) is 11.4. The first kappa shape index (κ1) is 15.3. The Balaban J connectivity index is 1.72. The molecule has 0 radical (unpaired) electrons. The highest BCUT2D eigenvalue weighted by Gasteiger charge is 2.14. The summed E-state index contributed by atoms with van der Waals surface area (Å²) in [6.45, 7) is 0. The van der Waals surface area contributed by atoms with Gasteiger partial charge in [0.15, 0.2) is 0 Å². The second-order valence-electron chi connectivity index (χ2n) is 5.81. The Bertz CT molecular complexity index is 1330. The van der Waals surface area contributed by atoms with Crippen LogP contribution in [-0.2, 0) is 0 Å². The topological polar surface area (TPSA) is 52.2 Å². The van der Waals surface area contributed by atoms with E-state index in [-0.39, 0.29) is 5.56 Å². The van der Waals surface area contributed by atoms with Gasteiger partial charge < -0.3 is 4.57 Å². The van der Waals surface area contributed by atoms with Crippen LogP contribution in [0.2, 0.25) is 5.02 Å². The molecule has 0 aliphatic carbocycles. The van der Waals surface area contributed by atoms with Gasteiger partial charge in [-0.15, -0.1) is 0 Å².